The molecule has 0 fully saturated rings. The number of nitrogens with two attached hydrogens (primary N) is 1. The number of aryl methyl sites for hydroxylation is 1. The molecule has 0 saturated carbocycles. The Kier molecular flexibility index (Phi) is 3.58. The summed E-state index contributed by atoms with van der Waals surface area (Å²) in [5.74, 6) is -0.821. The molecule has 4 heterocycles. The highest BCUT2D eigenvalue weighted by atomic mass is 16.4. The van der Waals surface area contributed by atoms with Gasteiger partial charge in [0.05, 0.1) is 17.0 Å². The van der Waals surface area contributed by atoms with Crippen LogP contribution in [0.25, 0.3) is 28.3 Å². The van der Waals surface area contributed by atoms with Crippen LogP contribution >= 0.6 is 0 Å². The van der Waals surface area contributed by atoms with Gasteiger partial charge in [-0.3, -0.25) is 4.98 Å². The molecule has 128 valence electrons. The third kappa shape index (κ3) is 2.73. The number of fused-ring (bicyclic) bond motifs is 1. The van der Waals surface area contributed by atoms with Gasteiger partial charge in [-0.05, 0) is 37.3 Å². The molecule has 0 aliphatic rings. The highest BCUT2D eigenvalue weighted by molar-refractivity contribution is 5.89. The number of carboxylic acids is 1. The molecular weight excluding hydrogens is 332 g/mol. The van der Waals surface area contributed by atoms with E-state index in [4.69, 9.17) is 10.8 Å². The fraction of sp³-hybridized carbons (Fsp3) is 0.0556. The first-order valence-electron chi connectivity index (χ1n) is 7.80. The second-order valence-corrected chi connectivity index (χ2v) is 5.76. The molecular formula is C18H14N6O2. The van der Waals surface area contributed by atoms with Gasteiger partial charge in [0.25, 0.3) is 0 Å². The van der Waals surface area contributed by atoms with Gasteiger partial charge in [0.2, 0.25) is 5.95 Å². The summed E-state index contributed by atoms with van der Waals surface area (Å²) < 4.78 is 1.75. The van der Waals surface area contributed by atoms with Gasteiger partial charge >= 0.3 is 5.97 Å². The van der Waals surface area contributed by atoms with E-state index in [1.165, 1.54) is 12.1 Å². The minimum atomic E-state index is -0.997. The number of nitrogens with zero attached hydrogens (tertiary/aromatic N) is 5. The van der Waals surface area contributed by atoms with Crippen molar-refractivity contribution in [1.29, 1.82) is 0 Å². The lowest BCUT2D eigenvalue weighted by Gasteiger charge is -2.07. The molecule has 8 heteroatoms. The highest BCUT2D eigenvalue weighted by Gasteiger charge is 2.15. The zero-order valence-electron chi connectivity index (χ0n) is 13.8. The molecule has 4 rings (SSSR count). The number of carboxylic acid groups (broad SMARTS) is 1. The molecule has 8 nitrogen and oxygen atoms in total. The van der Waals surface area contributed by atoms with Crippen LogP contribution in [-0.4, -0.2) is 35.4 Å². The molecule has 0 aromatic carbocycles. The molecule has 0 aliphatic heterocycles. The zero-order chi connectivity index (χ0) is 18.3. The van der Waals surface area contributed by atoms with E-state index in [-0.39, 0.29) is 11.5 Å². The molecule has 0 amide bonds. The lowest BCUT2D eigenvalue weighted by atomic mass is 10.1. The molecule has 4 aromatic rings. The van der Waals surface area contributed by atoms with Gasteiger partial charge in [0.1, 0.15) is 11.3 Å². The van der Waals surface area contributed by atoms with Crippen molar-refractivity contribution in [2.75, 3.05) is 5.73 Å². The fourth-order valence-corrected chi connectivity index (χ4v) is 2.71. The summed E-state index contributed by atoms with van der Waals surface area (Å²) in [6.07, 6.45) is 5.05. The van der Waals surface area contributed by atoms with Crippen LogP contribution in [0.15, 0.2) is 48.9 Å². The van der Waals surface area contributed by atoms with Gasteiger partial charge < -0.3 is 15.2 Å². The van der Waals surface area contributed by atoms with Crippen molar-refractivity contribution in [3.05, 3.63) is 60.2 Å². The summed E-state index contributed by atoms with van der Waals surface area (Å²) in [6, 6.07) is 8.59. The second-order valence-electron chi connectivity index (χ2n) is 5.76. The van der Waals surface area contributed by atoms with E-state index < -0.39 is 5.97 Å². The van der Waals surface area contributed by atoms with Crippen molar-refractivity contribution in [3.63, 3.8) is 0 Å². The minimum Gasteiger partial charge on any atom is -0.478 e. The van der Waals surface area contributed by atoms with Crippen molar-refractivity contribution in [2.24, 2.45) is 0 Å². The largest absolute Gasteiger partial charge is 0.478 e. The van der Waals surface area contributed by atoms with Crippen LogP contribution in [-0.2, 0) is 0 Å². The third-order valence-electron chi connectivity index (χ3n) is 3.93. The Balaban J connectivity index is 1.91. The average Bonchev–Trinajstić information content (AvgIpc) is 3.04. The van der Waals surface area contributed by atoms with E-state index in [1.807, 2.05) is 19.1 Å². The monoisotopic (exact) mass is 346 g/mol. The van der Waals surface area contributed by atoms with Gasteiger partial charge in [-0.2, -0.15) is 0 Å². The lowest BCUT2D eigenvalue weighted by Crippen LogP contribution is -1.98. The number of rotatable bonds is 3. The van der Waals surface area contributed by atoms with Crippen LogP contribution in [0.1, 0.15) is 16.1 Å². The first-order chi connectivity index (χ1) is 12.5. The van der Waals surface area contributed by atoms with Crippen LogP contribution < -0.4 is 5.73 Å². The minimum absolute atomic E-state index is 0.176. The SMILES string of the molecule is Cc1ccc(-c2ccnc(N)n2)c(-c2cn3ccc(C(=O)O)cc3n2)n1. The van der Waals surface area contributed by atoms with E-state index in [1.54, 1.807) is 29.1 Å². The van der Waals surface area contributed by atoms with Crippen LogP contribution in [0.4, 0.5) is 5.95 Å². The summed E-state index contributed by atoms with van der Waals surface area (Å²) in [7, 11) is 0. The summed E-state index contributed by atoms with van der Waals surface area (Å²) in [5, 5.41) is 9.15. The molecule has 0 radical (unpaired) electrons. The number of aromatic nitrogens is 5. The Bertz CT molecular complexity index is 1150. The molecule has 4 aromatic heterocycles. The number of imidazole rings is 1. The number of hydrogen-bond acceptors (Lipinski definition) is 6. The zero-order valence-corrected chi connectivity index (χ0v) is 13.8. The summed E-state index contributed by atoms with van der Waals surface area (Å²) in [6.45, 7) is 1.89. The van der Waals surface area contributed by atoms with E-state index in [0.29, 0.717) is 22.7 Å². The van der Waals surface area contributed by atoms with E-state index in [9.17, 15) is 4.79 Å². The Labute approximate surface area is 148 Å². The standard InChI is InChI=1S/C18H14N6O2/c1-10-2-3-12(13-4-6-20-18(19)23-13)16(21-10)14-9-24-7-5-11(17(25)26)8-15(24)22-14/h2-9H,1H3,(H,25,26)(H2,19,20,23). The van der Waals surface area contributed by atoms with Crippen LogP contribution in [0, 0.1) is 6.92 Å². The number of carbonyl (C=O) groups is 1. The normalized spacial score (nSPS) is 11.0. The van der Waals surface area contributed by atoms with Gasteiger partial charge in [-0.25, -0.2) is 19.7 Å². The number of hydrogen-bond donors (Lipinski definition) is 2. The molecule has 0 aliphatic carbocycles. The maximum atomic E-state index is 11.2. The molecule has 0 unspecified atom stereocenters. The van der Waals surface area contributed by atoms with Crippen molar-refractivity contribution in [3.8, 4) is 22.6 Å². The molecule has 0 atom stereocenters. The first-order valence-corrected chi connectivity index (χ1v) is 7.80. The number of aromatic carboxylic acids is 1. The second kappa shape index (κ2) is 5.92. The smallest absolute Gasteiger partial charge is 0.335 e. The summed E-state index contributed by atoms with van der Waals surface area (Å²) in [4.78, 5) is 28.5. The van der Waals surface area contributed by atoms with E-state index in [2.05, 4.69) is 19.9 Å². The Morgan fingerprint density at radius 2 is 1.96 bits per heavy atom. The molecule has 0 saturated heterocycles. The van der Waals surface area contributed by atoms with Gasteiger partial charge in [-0.1, -0.05) is 0 Å². The predicted octanol–water partition coefficient (Wildman–Crippen LogP) is 2.44. The van der Waals surface area contributed by atoms with Crippen LogP contribution in [0.3, 0.4) is 0 Å². The topological polar surface area (TPSA) is 119 Å². The number of pyridine rings is 2. The fourth-order valence-electron chi connectivity index (χ4n) is 2.71. The van der Waals surface area contributed by atoms with Gasteiger partial charge in [0.15, 0.2) is 0 Å². The molecule has 0 spiro atoms. The Morgan fingerprint density at radius 1 is 1.12 bits per heavy atom. The quantitative estimate of drug-likeness (QED) is 0.584. The van der Waals surface area contributed by atoms with Crippen LogP contribution in [0.2, 0.25) is 0 Å². The van der Waals surface area contributed by atoms with Gasteiger partial charge in [0, 0.05) is 29.8 Å². The molecule has 0 bridgehead atoms. The first kappa shape index (κ1) is 15.7. The van der Waals surface area contributed by atoms with E-state index >= 15 is 0 Å². The maximum Gasteiger partial charge on any atom is 0.335 e. The highest BCUT2D eigenvalue weighted by Crippen LogP contribution is 2.29. The Morgan fingerprint density at radius 3 is 2.73 bits per heavy atom. The third-order valence-corrected chi connectivity index (χ3v) is 3.93. The van der Waals surface area contributed by atoms with E-state index in [0.717, 1.165) is 11.3 Å². The van der Waals surface area contributed by atoms with Crippen molar-refractivity contribution >= 4 is 17.6 Å². The molecule has 3 N–H and O–H groups in total. The van der Waals surface area contributed by atoms with Crippen molar-refractivity contribution in [1.82, 2.24) is 24.3 Å². The molecule has 26 heavy (non-hydrogen) atoms. The number of anilines is 1. The number of nitrogen functional groups attached to an aromatic ring is 1. The van der Waals surface area contributed by atoms with Crippen molar-refractivity contribution in [2.45, 2.75) is 6.92 Å². The Hall–Kier alpha value is -3.81. The predicted molar refractivity (Wildman–Crippen MR) is 95.6 cm³/mol. The summed E-state index contributed by atoms with van der Waals surface area (Å²) in [5.41, 5.74) is 9.90. The maximum absolute atomic E-state index is 11.2. The van der Waals surface area contributed by atoms with Crippen LogP contribution in [0.5, 0.6) is 0 Å². The van der Waals surface area contributed by atoms with Crippen molar-refractivity contribution < 1.29 is 9.90 Å². The lowest BCUT2D eigenvalue weighted by molar-refractivity contribution is 0.0697. The average molecular weight is 346 g/mol. The summed E-state index contributed by atoms with van der Waals surface area (Å²) >= 11 is 0. The van der Waals surface area contributed by atoms with Gasteiger partial charge in [-0.15, -0.1) is 0 Å².